The zero-order valence-corrected chi connectivity index (χ0v) is 16.1. The maximum absolute atomic E-state index is 13.9. The molecule has 1 aliphatic carbocycles. The van der Waals surface area contributed by atoms with Crippen LogP contribution >= 0.6 is 0 Å². The number of halogens is 1. The first-order valence-corrected chi connectivity index (χ1v) is 9.93. The van der Waals surface area contributed by atoms with E-state index in [9.17, 15) is 4.39 Å². The molecule has 29 heavy (non-hydrogen) atoms. The molecule has 0 saturated heterocycles. The lowest BCUT2D eigenvalue weighted by Gasteiger charge is -2.21. The molecule has 2 aromatic heterocycles. The Morgan fingerprint density at radius 1 is 0.966 bits per heavy atom. The normalized spacial score (nSPS) is 14.4. The number of nitrogens with zero attached hydrogens (tertiary/aromatic N) is 3. The van der Waals surface area contributed by atoms with Gasteiger partial charge in [-0.25, -0.2) is 19.3 Å². The highest BCUT2D eigenvalue weighted by molar-refractivity contribution is 5.71. The number of benzene rings is 1. The lowest BCUT2D eigenvalue weighted by molar-refractivity contribution is 0.0123. The third kappa shape index (κ3) is 5.07. The summed E-state index contributed by atoms with van der Waals surface area (Å²) in [7, 11) is 0. The molecule has 0 radical (unpaired) electrons. The SMILES string of the molecule is Fc1ccccc1C#Cc1nc2ncccc2nc1OCCOC1CCCCC1. The second-order valence-electron chi connectivity index (χ2n) is 6.93. The summed E-state index contributed by atoms with van der Waals surface area (Å²) in [4.78, 5) is 13.2. The molecule has 1 aromatic carbocycles. The lowest BCUT2D eigenvalue weighted by atomic mass is 9.98. The van der Waals surface area contributed by atoms with Gasteiger partial charge in [0.05, 0.1) is 18.3 Å². The Morgan fingerprint density at radius 3 is 2.69 bits per heavy atom. The van der Waals surface area contributed by atoms with E-state index in [-0.39, 0.29) is 5.82 Å². The molecule has 0 aliphatic heterocycles. The molecule has 0 N–H and O–H groups in total. The zero-order valence-electron chi connectivity index (χ0n) is 16.1. The van der Waals surface area contributed by atoms with E-state index < -0.39 is 0 Å². The number of fused-ring (bicyclic) bond motifs is 1. The van der Waals surface area contributed by atoms with E-state index in [0.29, 0.717) is 47.6 Å². The third-order valence-corrected chi connectivity index (χ3v) is 4.83. The van der Waals surface area contributed by atoms with Gasteiger partial charge in [0.2, 0.25) is 5.88 Å². The predicted molar refractivity (Wildman–Crippen MR) is 108 cm³/mol. The Hall–Kier alpha value is -3.04. The fourth-order valence-electron chi connectivity index (χ4n) is 3.33. The molecular formula is C23H22FN3O2. The fraction of sp³-hybridized carbons (Fsp3) is 0.348. The number of ether oxygens (including phenoxy) is 2. The molecule has 0 bridgehead atoms. The molecule has 5 nitrogen and oxygen atoms in total. The smallest absolute Gasteiger partial charge is 0.249 e. The maximum atomic E-state index is 13.9. The summed E-state index contributed by atoms with van der Waals surface area (Å²) in [6.07, 6.45) is 7.93. The summed E-state index contributed by atoms with van der Waals surface area (Å²) < 4.78 is 25.6. The standard InChI is InChI=1S/C23H22FN3O2/c24-19-10-5-4-7-17(19)12-13-21-23(27-20-11-6-14-25-22(20)26-21)29-16-15-28-18-8-2-1-3-9-18/h4-7,10-11,14,18H,1-3,8-9,15-16H2. The first kappa shape index (κ1) is 19.3. The largest absolute Gasteiger partial charge is 0.473 e. The van der Waals surface area contributed by atoms with Gasteiger partial charge in [-0.15, -0.1) is 0 Å². The molecule has 6 heteroatoms. The summed E-state index contributed by atoms with van der Waals surface area (Å²) >= 11 is 0. The molecule has 1 fully saturated rings. The van der Waals surface area contributed by atoms with Crippen molar-refractivity contribution in [2.75, 3.05) is 13.2 Å². The number of pyridine rings is 1. The summed E-state index contributed by atoms with van der Waals surface area (Å²) in [6, 6.07) is 9.96. The molecule has 2 heterocycles. The average molecular weight is 391 g/mol. The van der Waals surface area contributed by atoms with E-state index in [4.69, 9.17) is 9.47 Å². The Balaban J connectivity index is 1.52. The number of hydrogen-bond acceptors (Lipinski definition) is 5. The maximum Gasteiger partial charge on any atom is 0.249 e. The molecule has 1 saturated carbocycles. The average Bonchev–Trinajstić information content (AvgIpc) is 2.77. The third-order valence-electron chi connectivity index (χ3n) is 4.83. The van der Waals surface area contributed by atoms with Crippen molar-refractivity contribution in [2.24, 2.45) is 0 Å². The van der Waals surface area contributed by atoms with Gasteiger partial charge in [0, 0.05) is 6.20 Å². The molecular weight excluding hydrogens is 369 g/mol. The van der Waals surface area contributed by atoms with Crippen LogP contribution in [0, 0.1) is 17.7 Å². The van der Waals surface area contributed by atoms with Gasteiger partial charge in [-0.05, 0) is 43.0 Å². The van der Waals surface area contributed by atoms with E-state index >= 15 is 0 Å². The molecule has 1 aliphatic rings. The van der Waals surface area contributed by atoms with Crippen molar-refractivity contribution in [1.29, 1.82) is 0 Å². The molecule has 0 unspecified atom stereocenters. The van der Waals surface area contributed by atoms with E-state index in [1.165, 1.54) is 25.3 Å². The zero-order chi connectivity index (χ0) is 19.9. The van der Waals surface area contributed by atoms with Gasteiger partial charge in [-0.2, -0.15) is 0 Å². The minimum Gasteiger partial charge on any atom is -0.473 e. The second kappa shape index (κ2) is 9.44. The summed E-state index contributed by atoms with van der Waals surface area (Å²) in [5.41, 5.74) is 1.71. The van der Waals surface area contributed by atoms with Gasteiger partial charge in [-0.3, -0.25) is 0 Å². The molecule has 4 rings (SSSR count). The van der Waals surface area contributed by atoms with Crippen LogP contribution in [0.3, 0.4) is 0 Å². The highest BCUT2D eigenvalue weighted by atomic mass is 19.1. The molecule has 0 spiro atoms. The van der Waals surface area contributed by atoms with Gasteiger partial charge in [0.15, 0.2) is 11.3 Å². The van der Waals surface area contributed by atoms with Crippen LogP contribution in [0.2, 0.25) is 0 Å². The van der Waals surface area contributed by atoms with Crippen LogP contribution in [0.1, 0.15) is 43.4 Å². The highest BCUT2D eigenvalue weighted by Crippen LogP contribution is 2.21. The van der Waals surface area contributed by atoms with Crippen molar-refractivity contribution in [3.8, 4) is 17.7 Å². The van der Waals surface area contributed by atoms with Crippen molar-refractivity contribution in [2.45, 2.75) is 38.2 Å². The van der Waals surface area contributed by atoms with E-state index in [0.717, 1.165) is 12.8 Å². The molecule has 0 amide bonds. The fourth-order valence-corrected chi connectivity index (χ4v) is 3.33. The first-order chi connectivity index (χ1) is 14.3. The van der Waals surface area contributed by atoms with Crippen molar-refractivity contribution in [3.63, 3.8) is 0 Å². The van der Waals surface area contributed by atoms with Crippen molar-refractivity contribution in [1.82, 2.24) is 15.0 Å². The van der Waals surface area contributed by atoms with Crippen LogP contribution in [0.15, 0.2) is 42.6 Å². The van der Waals surface area contributed by atoms with Crippen LogP contribution in [0.5, 0.6) is 5.88 Å². The van der Waals surface area contributed by atoms with Gasteiger partial charge >= 0.3 is 0 Å². The van der Waals surface area contributed by atoms with Crippen LogP contribution < -0.4 is 4.74 Å². The van der Waals surface area contributed by atoms with E-state index in [1.807, 2.05) is 6.07 Å². The Kier molecular flexibility index (Phi) is 6.28. The van der Waals surface area contributed by atoms with E-state index in [2.05, 4.69) is 26.8 Å². The van der Waals surface area contributed by atoms with Crippen molar-refractivity contribution >= 4 is 11.2 Å². The Morgan fingerprint density at radius 2 is 1.83 bits per heavy atom. The van der Waals surface area contributed by atoms with Crippen LogP contribution in [0.4, 0.5) is 4.39 Å². The summed E-state index contributed by atoms with van der Waals surface area (Å²) in [5, 5.41) is 0. The predicted octanol–water partition coefficient (Wildman–Crippen LogP) is 4.29. The van der Waals surface area contributed by atoms with Crippen molar-refractivity contribution in [3.05, 3.63) is 59.7 Å². The van der Waals surface area contributed by atoms with Gasteiger partial charge in [0.25, 0.3) is 0 Å². The lowest BCUT2D eigenvalue weighted by Crippen LogP contribution is -2.20. The topological polar surface area (TPSA) is 57.1 Å². The second-order valence-corrected chi connectivity index (χ2v) is 6.93. The van der Waals surface area contributed by atoms with E-state index in [1.54, 1.807) is 30.5 Å². The number of rotatable bonds is 5. The van der Waals surface area contributed by atoms with Crippen LogP contribution in [-0.2, 0) is 4.74 Å². The van der Waals surface area contributed by atoms with Crippen molar-refractivity contribution < 1.29 is 13.9 Å². The van der Waals surface area contributed by atoms with Gasteiger partial charge < -0.3 is 9.47 Å². The summed E-state index contributed by atoms with van der Waals surface area (Å²) in [6.45, 7) is 0.836. The van der Waals surface area contributed by atoms with Crippen LogP contribution in [-0.4, -0.2) is 34.3 Å². The quantitative estimate of drug-likeness (QED) is 0.480. The minimum atomic E-state index is -0.379. The van der Waals surface area contributed by atoms with Crippen LogP contribution in [0.25, 0.3) is 11.2 Å². The van der Waals surface area contributed by atoms with Gasteiger partial charge in [0.1, 0.15) is 17.9 Å². The number of aromatic nitrogens is 3. The molecule has 0 atom stereocenters. The Labute approximate surface area is 169 Å². The highest BCUT2D eigenvalue weighted by Gasteiger charge is 2.14. The molecule has 3 aromatic rings. The molecule has 148 valence electrons. The Bertz CT molecular complexity index is 1040. The first-order valence-electron chi connectivity index (χ1n) is 9.93. The monoisotopic (exact) mass is 391 g/mol. The summed E-state index contributed by atoms with van der Waals surface area (Å²) in [5.74, 6) is 5.62. The minimum absolute atomic E-state index is 0.294. The number of hydrogen-bond donors (Lipinski definition) is 0. The van der Waals surface area contributed by atoms with Gasteiger partial charge in [-0.1, -0.05) is 37.3 Å².